The third-order valence-electron chi connectivity index (χ3n) is 9.63. The highest BCUT2D eigenvalue weighted by molar-refractivity contribution is 6.00. The molecule has 57 heavy (non-hydrogen) atoms. The van der Waals surface area contributed by atoms with Crippen molar-refractivity contribution in [3.8, 4) is 0 Å². The van der Waals surface area contributed by atoms with E-state index in [0.717, 1.165) is 17.0 Å². The van der Waals surface area contributed by atoms with E-state index in [9.17, 15) is 50.7 Å². The van der Waals surface area contributed by atoms with Crippen LogP contribution in [0.3, 0.4) is 0 Å². The number of alkyl halides is 5. The number of hydrogen-bond donors (Lipinski definition) is 2. The van der Waals surface area contributed by atoms with Crippen molar-refractivity contribution >= 4 is 35.5 Å². The molecule has 0 spiro atoms. The molecule has 3 heterocycles. The van der Waals surface area contributed by atoms with Gasteiger partial charge in [-0.1, -0.05) is 13.8 Å². The second-order valence-electron chi connectivity index (χ2n) is 13.8. The van der Waals surface area contributed by atoms with Gasteiger partial charge in [0.1, 0.15) is 12.1 Å². The molecule has 0 radical (unpaired) electrons. The normalized spacial score (nSPS) is 18.6. The van der Waals surface area contributed by atoms with E-state index < -0.39 is 71.0 Å². The summed E-state index contributed by atoms with van der Waals surface area (Å²) in [6.45, 7) is 6.21. The number of allylic oxidation sites excluding steroid dienone is 1. The number of nitrogens with zero attached hydrogens (tertiary/aromatic N) is 3. The molecule has 3 fully saturated rings. The highest BCUT2D eigenvalue weighted by Crippen LogP contribution is 2.41. The zero-order valence-corrected chi connectivity index (χ0v) is 31.1. The van der Waals surface area contributed by atoms with E-state index in [2.05, 4.69) is 10.1 Å². The fourth-order valence-corrected chi connectivity index (χ4v) is 6.35. The molecule has 3 aliphatic heterocycles. The Morgan fingerprint density at radius 3 is 1.68 bits per heavy atom. The predicted octanol–water partition coefficient (Wildman–Crippen LogP) is 3.39. The van der Waals surface area contributed by atoms with Gasteiger partial charge >= 0.3 is 18.1 Å². The number of amides is 5. The Labute approximate surface area is 324 Å². The Morgan fingerprint density at radius 2 is 1.21 bits per heavy atom. The second kappa shape index (κ2) is 18.2. The molecular weight excluding hydrogens is 765 g/mol. The number of nitrogens with one attached hydrogen (secondary N) is 2. The van der Waals surface area contributed by atoms with Crippen LogP contribution in [-0.2, 0) is 23.8 Å². The van der Waals surface area contributed by atoms with Gasteiger partial charge in [0, 0.05) is 55.6 Å². The van der Waals surface area contributed by atoms with E-state index in [1.54, 1.807) is 18.7 Å². The summed E-state index contributed by atoms with van der Waals surface area (Å²) < 4.78 is 84.9. The summed E-state index contributed by atoms with van der Waals surface area (Å²) in [4.78, 5) is 82.7. The first-order chi connectivity index (χ1) is 27.0. The Hall–Kier alpha value is -5.43. The fourth-order valence-electron chi connectivity index (χ4n) is 6.35. The van der Waals surface area contributed by atoms with Gasteiger partial charge in [0.2, 0.25) is 17.6 Å². The molecule has 0 aliphatic carbocycles. The quantitative estimate of drug-likeness (QED) is 0.197. The summed E-state index contributed by atoms with van der Waals surface area (Å²) in [6, 6.07) is 7.69. The van der Waals surface area contributed by atoms with E-state index in [1.165, 1.54) is 41.3 Å². The van der Waals surface area contributed by atoms with Crippen molar-refractivity contribution in [2.75, 3.05) is 59.2 Å². The lowest BCUT2D eigenvalue weighted by Crippen LogP contribution is -2.55. The van der Waals surface area contributed by atoms with Gasteiger partial charge in [0.25, 0.3) is 17.7 Å². The summed E-state index contributed by atoms with van der Waals surface area (Å²) in [7, 11) is 0. The summed E-state index contributed by atoms with van der Waals surface area (Å²) >= 11 is 0. The molecule has 2 aromatic carbocycles. The Bertz CT molecular complexity index is 1840. The number of esters is 1. The van der Waals surface area contributed by atoms with Crippen molar-refractivity contribution in [3.63, 3.8) is 0 Å². The molecule has 5 rings (SSSR count). The number of carbonyl (C=O) groups is 6. The zero-order valence-electron chi connectivity index (χ0n) is 31.1. The van der Waals surface area contributed by atoms with E-state index in [4.69, 9.17) is 9.47 Å². The van der Waals surface area contributed by atoms with Gasteiger partial charge in [-0.25, -0.2) is 4.79 Å². The summed E-state index contributed by atoms with van der Waals surface area (Å²) in [5, 5.41) is 4.48. The number of carbonyl (C=O) groups excluding carboxylic acids is 6. The second-order valence-corrected chi connectivity index (χ2v) is 13.8. The van der Waals surface area contributed by atoms with Gasteiger partial charge in [0.05, 0.1) is 32.0 Å². The smallest absolute Gasteiger partial charge is 0.419 e. The molecule has 2 aromatic rings. The van der Waals surface area contributed by atoms with Gasteiger partial charge in [-0.2, -0.15) is 22.0 Å². The topological polar surface area (TPSA) is 164 Å². The number of morpholine rings is 2. The lowest BCUT2D eigenvalue weighted by molar-refractivity contribution is -0.274. The molecular formula is C38H42F5N5O9. The molecule has 2 atom stereocenters. The highest BCUT2D eigenvalue weighted by Gasteiger charge is 2.62. The summed E-state index contributed by atoms with van der Waals surface area (Å²) in [5.41, 5.74) is 0.147. The van der Waals surface area contributed by atoms with Gasteiger partial charge < -0.3 is 39.5 Å². The van der Waals surface area contributed by atoms with Crippen molar-refractivity contribution < 1.29 is 64.9 Å². The minimum atomic E-state index is -6.24. The number of benzene rings is 2. The van der Waals surface area contributed by atoms with E-state index >= 15 is 0 Å². The molecule has 0 unspecified atom stereocenters. The molecule has 19 heteroatoms. The van der Waals surface area contributed by atoms with Crippen molar-refractivity contribution in [2.24, 2.45) is 5.92 Å². The van der Waals surface area contributed by atoms with Crippen molar-refractivity contribution in [3.05, 3.63) is 82.7 Å². The maximum atomic E-state index is 14.7. The van der Waals surface area contributed by atoms with E-state index in [-0.39, 0.29) is 42.6 Å². The lowest BCUT2D eigenvalue weighted by atomic mass is 10.0. The third-order valence-corrected chi connectivity index (χ3v) is 9.63. The maximum absolute atomic E-state index is 14.7. The molecule has 3 aliphatic rings. The molecule has 0 aromatic heterocycles. The minimum absolute atomic E-state index is 0.00264. The Balaban J connectivity index is 1.25. The Morgan fingerprint density at radius 1 is 0.737 bits per heavy atom. The third kappa shape index (κ3) is 10.1. The van der Waals surface area contributed by atoms with Crippen LogP contribution in [0.5, 0.6) is 0 Å². The summed E-state index contributed by atoms with van der Waals surface area (Å²) in [6.07, 6.45) is -6.05. The van der Waals surface area contributed by atoms with Crippen LogP contribution in [0.1, 0.15) is 68.1 Å². The highest BCUT2D eigenvalue weighted by atomic mass is 19.4. The van der Waals surface area contributed by atoms with Gasteiger partial charge in [-0.05, 0) is 67.3 Å². The number of rotatable bonds is 11. The van der Waals surface area contributed by atoms with Crippen LogP contribution in [0.4, 0.5) is 22.0 Å². The average molecular weight is 808 g/mol. The van der Waals surface area contributed by atoms with Crippen molar-refractivity contribution in [1.29, 1.82) is 0 Å². The summed E-state index contributed by atoms with van der Waals surface area (Å²) in [5.74, 6) is -13.3. The standard InChI is InChI=1S/C38H42F5N5O9/c1-23(2)30(45-31(49)24-5-7-25(8-6-24)33(51)46-14-18-55-19-15-46)35(53)48-13-3-4-28(48)32(50)44-22-29(37(39,40)38(41,42)43)57-36(54)27-11-9-26(10-12-27)34(52)47-16-20-56-21-17-47/h5-12,22-23,28,30H,3-4,13-21H2,1-2H3,(H,44,50)(H,45,49)/b29-22+/t28-,30-/m0/s1. The lowest BCUT2D eigenvalue weighted by Gasteiger charge is -2.30. The van der Waals surface area contributed by atoms with Crippen LogP contribution >= 0.6 is 0 Å². The first-order valence-corrected chi connectivity index (χ1v) is 18.2. The van der Waals surface area contributed by atoms with E-state index in [0.29, 0.717) is 58.2 Å². The maximum Gasteiger partial charge on any atom is 0.461 e. The first kappa shape index (κ1) is 42.7. The minimum Gasteiger partial charge on any atom is -0.419 e. The number of ether oxygens (including phenoxy) is 3. The molecule has 3 saturated heterocycles. The first-order valence-electron chi connectivity index (χ1n) is 18.2. The fraction of sp³-hybridized carbons (Fsp3) is 0.474. The van der Waals surface area contributed by atoms with Crippen LogP contribution in [0.15, 0.2) is 60.5 Å². The van der Waals surface area contributed by atoms with Gasteiger partial charge in [0.15, 0.2) is 0 Å². The Kier molecular flexibility index (Phi) is 13.7. The van der Waals surface area contributed by atoms with Crippen molar-refractivity contribution in [2.45, 2.75) is 50.9 Å². The molecule has 14 nitrogen and oxygen atoms in total. The van der Waals surface area contributed by atoms with E-state index in [1.807, 2.05) is 5.32 Å². The van der Waals surface area contributed by atoms with Gasteiger partial charge in [-0.15, -0.1) is 0 Å². The van der Waals surface area contributed by atoms with Crippen LogP contribution in [-0.4, -0.2) is 134 Å². The van der Waals surface area contributed by atoms with Gasteiger partial charge in [-0.3, -0.25) is 24.0 Å². The molecule has 0 saturated carbocycles. The molecule has 2 N–H and O–H groups in total. The predicted molar refractivity (Wildman–Crippen MR) is 190 cm³/mol. The SMILES string of the molecule is CC(C)[C@H](NC(=O)c1ccc(C(=O)N2CCOCC2)cc1)C(=O)N1CCC[C@H]1C(=O)N/C=C(/OC(=O)c1ccc(C(=O)N2CCOCC2)cc1)C(F)(F)C(F)(F)F. The average Bonchev–Trinajstić information content (AvgIpc) is 3.71. The zero-order chi connectivity index (χ0) is 41.5. The molecule has 0 bridgehead atoms. The van der Waals surface area contributed by atoms with Crippen molar-refractivity contribution in [1.82, 2.24) is 25.3 Å². The number of likely N-dealkylation sites (tertiary alicyclic amines) is 1. The van der Waals surface area contributed by atoms with Crippen LogP contribution < -0.4 is 10.6 Å². The number of halogens is 5. The van der Waals surface area contributed by atoms with Crippen LogP contribution in [0.2, 0.25) is 0 Å². The monoisotopic (exact) mass is 807 g/mol. The molecule has 5 amide bonds. The molecule has 308 valence electrons. The van der Waals surface area contributed by atoms with Crippen LogP contribution in [0.25, 0.3) is 0 Å². The number of hydrogen-bond acceptors (Lipinski definition) is 9. The van der Waals surface area contributed by atoms with Crippen LogP contribution in [0, 0.1) is 5.92 Å². The largest absolute Gasteiger partial charge is 0.461 e.